The van der Waals surface area contributed by atoms with Crippen molar-refractivity contribution in [1.29, 1.82) is 0 Å². The summed E-state index contributed by atoms with van der Waals surface area (Å²) in [5, 5.41) is 0. The standard InChI is InChI=1S/C94H70N8S2/c1-55-9-11-61(12-10-55)13-14-62-17-23-65(24-18-62)89-76-41-37-72(95-76)59(5)73-38-42-77(96-73)90(80-46-49-83(100-80)92(82-48-45-79(89)99-82)68-29-33-70(103-7)34-30-68)66-25-19-63(20-26-66)15-16-64-21-27-67(28-22-64)91-78-43-39-74(97-78)60(6)75-40-44-86(98-75)94(88-57(3)53-56(2)54-58(88)4)87-52-51-85(102-87)93(84-50-47-81(91)101-84)69-31-35-71(104-8)36-32-69/h9-12,17-54,95,97,100,102H,1-8H3. The van der Waals surface area contributed by atoms with Gasteiger partial charge in [0.2, 0.25) is 0 Å². The zero-order valence-electron chi connectivity index (χ0n) is 58.9. The lowest BCUT2D eigenvalue weighted by molar-refractivity contribution is 1.26. The van der Waals surface area contributed by atoms with E-state index in [1.165, 1.54) is 37.6 Å². The molecule has 10 heterocycles. The highest BCUT2D eigenvalue weighted by atomic mass is 32.2. The van der Waals surface area contributed by atoms with Crippen molar-refractivity contribution in [2.75, 3.05) is 12.5 Å². The second kappa shape index (κ2) is 27.2. The number of fused-ring (bicyclic) bond motifs is 16. The average molecular weight is 1380 g/mol. The molecule has 0 atom stereocenters. The van der Waals surface area contributed by atoms with Crippen LogP contribution < -0.4 is 0 Å². The number of rotatable bonds is 8. The van der Waals surface area contributed by atoms with Crippen LogP contribution in [-0.2, 0) is 0 Å². The van der Waals surface area contributed by atoms with Gasteiger partial charge in [-0.3, -0.25) is 0 Å². The van der Waals surface area contributed by atoms with E-state index in [4.69, 9.17) is 19.9 Å². The molecule has 0 saturated carbocycles. The van der Waals surface area contributed by atoms with Gasteiger partial charge in [-0.15, -0.1) is 23.5 Å². The molecule has 0 amide bonds. The minimum atomic E-state index is 0.851. The molecule has 7 aromatic carbocycles. The van der Waals surface area contributed by atoms with Gasteiger partial charge in [0, 0.05) is 110 Å². The quantitative estimate of drug-likeness (QED) is 0.0890. The molecule has 10 heteroatoms. The lowest BCUT2D eigenvalue weighted by atomic mass is 9.92. The molecule has 0 fully saturated rings. The largest absolute Gasteiger partial charge is 0.355 e. The van der Waals surface area contributed by atoms with Crippen LogP contribution >= 0.6 is 23.5 Å². The third kappa shape index (κ3) is 12.4. The number of aromatic nitrogens is 8. The Morgan fingerprint density at radius 2 is 0.481 bits per heavy atom. The van der Waals surface area contributed by atoms with Crippen LogP contribution in [0.15, 0.2) is 216 Å². The number of benzene rings is 7. The first-order valence-electron chi connectivity index (χ1n) is 34.9. The molecule has 0 radical (unpaired) electrons. The van der Waals surface area contributed by atoms with Gasteiger partial charge in [0.25, 0.3) is 0 Å². The number of hydrogen-bond acceptors (Lipinski definition) is 6. The minimum absolute atomic E-state index is 0.851. The molecule has 0 aliphatic carbocycles. The molecule has 4 N–H and O–H groups in total. The normalized spacial score (nSPS) is 12.0. The van der Waals surface area contributed by atoms with E-state index < -0.39 is 0 Å². The lowest BCUT2D eigenvalue weighted by Crippen LogP contribution is -1.94. The first-order valence-corrected chi connectivity index (χ1v) is 37.3. The molecule has 6 aromatic heterocycles. The summed E-state index contributed by atoms with van der Waals surface area (Å²) in [5.74, 6) is 13.7. The van der Waals surface area contributed by atoms with E-state index in [1.807, 2.05) is 0 Å². The smallest absolute Gasteiger partial charge is 0.0737 e. The summed E-state index contributed by atoms with van der Waals surface area (Å²) in [6.45, 7) is 12.9. The van der Waals surface area contributed by atoms with E-state index in [0.717, 1.165) is 184 Å². The van der Waals surface area contributed by atoms with Crippen molar-refractivity contribution in [3.8, 4) is 90.4 Å². The Balaban J connectivity index is 0.747. The highest BCUT2D eigenvalue weighted by Crippen LogP contribution is 2.42. The van der Waals surface area contributed by atoms with Crippen LogP contribution in [0.3, 0.4) is 0 Å². The van der Waals surface area contributed by atoms with Crippen LogP contribution in [0.5, 0.6) is 0 Å². The molecule has 17 rings (SSSR count). The molecular weight excluding hydrogens is 1310 g/mol. The predicted molar refractivity (Wildman–Crippen MR) is 441 cm³/mol. The van der Waals surface area contributed by atoms with Gasteiger partial charge in [-0.25, -0.2) is 19.9 Å². The molecule has 104 heavy (non-hydrogen) atoms. The number of aryl methyl sites for hydroxylation is 6. The SMILES string of the molecule is CSc1ccc(-c2c3nc(c(-c4ccc(C#Cc5ccc(C)cc5)cc4)c4ccc([nH]4)c(C)c4nc(c(-c5ccc(C#Cc6ccc(-c7c8nc(c(-c9ccc(SC)cc9)c9ccc([nH]9)c(-c9c(C)cc(C)cc9C)c9nc(c(C)c%10ccc7[nH]%10)C=C9)C=C8)cc6)cc5)c5ccc2[nH]5)C=C4)C=C3)cc1. The molecule has 498 valence electrons. The number of nitrogens with one attached hydrogen (secondary N) is 4. The molecule has 8 nitrogen and oxygen atoms in total. The second-order valence-electron chi connectivity index (χ2n) is 26.8. The molecule has 0 unspecified atom stereocenters. The van der Waals surface area contributed by atoms with Gasteiger partial charge in [-0.2, -0.15) is 0 Å². The summed E-state index contributed by atoms with van der Waals surface area (Å²) in [6, 6.07) is 73.3. The van der Waals surface area contributed by atoms with E-state index in [1.54, 1.807) is 23.5 Å². The maximum Gasteiger partial charge on any atom is 0.0737 e. The molecule has 16 bridgehead atoms. The Kier molecular flexibility index (Phi) is 16.9. The maximum atomic E-state index is 5.56. The van der Waals surface area contributed by atoms with Crippen molar-refractivity contribution in [3.63, 3.8) is 0 Å². The Morgan fingerprint density at radius 1 is 0.240 bits per heavy atom. The van der Waals surface area contributed by atoms with Gasteiger partial charge in [-0.1, -0.05) is 120 Å². The maximum absolute atomic E-state index is 5.56. The Bertz CT molecular complexity index is 6300. The zero-order chi connectivity index (χ0) is 70.7. The molecule has 4 aliphatic rings. The van der Waals surface area contributed by atoms with Gasteiger partial charge in [-0.05, 0) is 280 Å². The molecular formula is C94H70N8S2. The summed E-state index contributed by atoms with van der Waals surface area (Å²) < 4.78 is 0. The van der Waals surface area contributed by atoms with E-state index >= 15 is 0 Å². The third-order valence-corrected chi connectivity index (χ3v) is 21.5. The summed E-state index contributed by atoms with van der Waals surface area (Å²) in [6.07, 6.45) is 21.4. The van der Waals surface area contributed by atoms with Gasteiger partial charge in [0.1, 0.15) is 0 Å². The monoisotopic (exact) mass is 1370 g/mol. The Morgan fingerprint density at radius 3 is 0.788 bits per heavy atom. The first kappa shape index (κ1) is 64.9. The van der Waals surface area contributed by atoms with Gasteiger partial charge < -0.3 is 19.9 Å². The van der Waals surface area contributed by atoms with Crippen LogP contribution in [0, 0.1) is 65.2 Å². The molecule has 0 spiro atoms. The minimum Gasteiger partial charge on any atom is -0.355 e. The van der Waals surface area contributed by atoms with Crippen molar-refractivity contribution in [2.24, 2.45) is 0 Å². The van der Waals surface area contributed by atoms with Gasteiger partial charge in [0.15, 0.2) is 0 Å². The predicted octanol–water partition coefficient (Wildman–Crippen LogP) is 23.7. The van der Waals surface area contributed by atoms with E-state index in [0.29, 0.717) is 0 Å². The topological polar surface area (TPSA) is 115 Å². The summed E-state index contributed by atoms with van der Waals surface area (Å²) >= 11 is 3.46. The van der Waals surface area contributed by atoms with E-state index in [9.17, 15) is 0 Å². The number of H-pyrrole nitrogens is 4. The fourth-order valence-electron chi connectivity index (χ4n) is 14.7. The van der Waals surface area contributed by atoms with E-state index in [-0.39, 0.29) is 0 Å². The van der Waals surface area contributed by atoms with Gasteiger partial charge >= 0.3 is 0 Å². The number of hydrogen-bond donors (Lipinski definition) is 4. The Labute approximate surface area is 613 Å². The van der Waals surface area contributed by atoms with Crippen molar-refractivity contribution >= 4 is 116 Å². The van der Waals surface area contributed by atoms with Crippen molar-refractivity contribution < 1.29 is 0 Å². The number of aromatic amines is 4. The molecule has 13 aromatic rings. The molecule has 0 saturated heterocycles. The fourth-order valence-corrected chi connectivity index (χ4v) is 15.5. The fraction of sp³-hybridized carbons (Fsp3) is 0.0851. The van der Waals surface area contributed by atoms with Gasteiger partial charge in [0.05, 0.1) is 45.6 Å². The zero-order valence-corrected chi connectivity index (χ0v) is 60.5. The summed E-state index contributed by atoms with van der Waals surface area (Å²) in [4.78, 5) is 39.8. The summed E-state index contributed by atoms with van der Waals surface area (Å²) in [7, 11) is 0. The van der Waals surface area contributed by atoms with E-state index in [2.05, 4.69) is 353 Å². The van der Waals surface area contributed by atoms with Crippen LogP contribution in [-0.4, -0.2) is 52.4 Å². The van der Waals surface area contributed by atoms with Crippen LogP contribution in [0.1, 0.15) is 101 Å². The first-order chi connectivity index (χ1) is 50.8. The Hall–Kier alpha value is -12.4. The van der Waals surface area contributed by atoms with Crippen molar-refractivity contribution in [3.05, 3.63) is 307 Å². The summed E-state index contributed by atoms with van der Waals surface area (Å²) in [5.41, 5.74) is 37.7. The van der Waals surface area contributed by atoms with Crippen molar-refractivity contribution in [2.45, 2.75) is 51.3 Å². The lowest BCUT2D eigenvalue weighted by Gasteiger charge is -2.13. The average Bonchev–Trinajstić information content (AvgIpc) is 1.63. The van der Waals surface area contributed by atoms with Crippen LogP contribution in [0.25, 0.3) is 160 Å². The second-order valence-corrected chi connectivity index (χ2v) is 28.6. The molecule has 4 aliphatic heterocycles. The van der Waals surface area contributed by atoms with Crippen LogP contribution in [0.4, 0.5) is 0 Å². The van der Waals surface area contributed by atoms with Crippen molar-refractivity contribution in [1.82, 2.24) is 39.9 Å². The third-order valence-electron chi connectivity index (χ3n) is 20.0. The number of thioether (sulfide) groups is 2. The van der Waals surface area contributed by atoms with Crippen LogP contribution in [0.2, 0.25) is 0 Å². The highest BCUT2D eigenvalue weighted by Gasteiger charge is 2.22. The number of nitrogens with zero attached hydrogens (tertiary/aromatic N) is 4. The highest BCUT2D eigenvalue weighted by molar-refractivity contribution is 7.98.